The first kappa shape index (κ1) is 16.4. The largest absolute Gasteiger partial charge is 0.463 e. The van der Waals surface area contributed by atoms with Gasteiger partial charge in [-0.2, -0.15) is 5.10 Å². The topological polar surface area (TPSA) is 131 Å². The maximum atomic E-state index is 12.3. The summed E-state index contributed by atoms with van der Waals surface area (Å²) in [6.07, 6.45) is 2.31. The lowest BCUT2D eigenvalue weighted by atomic mass is 10.0. The Morgan fingerprint density at radius 3 is 3.08 bits per heavy atom. The summed E-state index contributed by atoms with van der Waals surface area (Å²) >= 11 is 1.50. The maximum Gasteiger partial charge on any atom is 0.337 e. The summed E-state index contributed by atoms with van der Waals surface area (Å²) in [6, 6.07) is 0. The molecule has 0 unspecified atom stereocenters. The van der Waals surface area contributed by atoms with Crippen LogP contribution >= 0.6 is 11.3 Å². The Labute approximate surface area is 143 Å². The van der Waals surface area contributed by atoms with Crippen molar-refractivity contribution in [1.29, 1.82) is 0 Å². The first-order chi connectivity index (χ1) is 11.7. The van der Waals surface area contributed by atoms with Crippen LogP contribution in [0.1, 0.15) is 18.4 Å². The van der Waals surface area contributed by atoms with E-state index in [0.717, 1.165) is 16.5 Å². The van der Waals surface area contributed by atoms with Crippen molar-refractivity contribution >= 4 is 29.0 Å². The Morgan fingerprint density at radius 1 is 1.62 bits per heavy atom. The van der Waals surface area contributed by atoms with Crippen molar-refractivity contribution in [3.05, 3.63) is 27.9 Å². The Kier molecular flexibility index (Phi) is 4.76. The van der Waals surface area contributed by atoms with Crippen LogP contribution in [0.3, 0.4) is 0 Å². The van der Waals surface area contributed by atoms with Crippen molar-refractivity contribution in [2.45, 2.75) is 13.3 Å². The molecule has 3 heterocycles. The molecule has 9 nitrogen and oxygen atoms in total. The summed E-state index contributed by atoms with van der Waals surface area (Å²) in [5.74, 6) is 11.7. The summed E-state index contributed by atoms with van der Waals surface area (Å²) in [5, 5.41) is 6.40. The van der Waals surface area contributed by atoms with Crippen LogP contribution < -0.4 is 17.1 Å². The molecule has 1 saturated heterocycles. The Hall–Kier alpha value is -2.46. The van der Waals surface area contributed by atoms with E-state index in [1.54, 1.807) is 13.1 Å². The lowest BCUT2D eigenvalue weighted by molar-refractivity contribution is -0.138. The van der Waals surface area contributed by atoms with Gasteiger partial charge in [0.05, 0.1) is 18.7 Å². The number of allylic oxidation sites excluding steroid dienone is 1. The third kappa shape index (κ3) is 2.85. The number of aliphatic imine (C=N–C) groups is 1. The number of hydrogen-bond donors (Lipinski definition) is 3. The van der Waals surface area contributed by atoms with Crippen LogP contribution in [0.4, 0.5) is 0 Å². The van der Waals surface area contributed by atoms with Gasteiger partial charge in [0.2, 0.25) is 0 Å². The number of hydrazine groups is 1. The molecular formula is C14H19N7O2S. The number of carbonyl (C=O) groups is 1. The van der Waals surface area contributed by atoms with Crippen LogP contribution in [-0.4, -0.2) is 47.2 Å². The van der Waals surface area contributed by atoms with Gasteiger partial charge in [-0.25, -0.2) is 15.6 Å². The Morgan fingerprint density at radius 2 is 2.46 bits per heavy atom. The second kappa shape index (κ2) is 6.97. The van der Waals surface area contributed by atoms with E-state index in [-0.39, 0.29) is 18.4 Å². The van der Waals surface area contributed by atoms with E-state index in [4.69, 9.17) is 16.4 Å². The molecule has 0 bridgehead atoms. The van der Waals surface area contributed by atoms with Gasteiger partial charge in [-0.1, -0.05) is 0 Å². The molecule has 0 saturated carbocycles. The average molecular weight is 349 g/mol. The molecule has 0 spiro atoms. The summed E-state index contributed by atoms with van der Waals surface area (Å²) < 4.78 is 5.16. The van der Waals surface area contributed by atoms with Crippen LogP contribution in [0.15, 0.2) is 32.9 Å². The van der Waals surface area contributed by atoms with E-state index in [1.807, 2.05) is 10.3 Å². The molecule has 0 aliphatic carbocycles. The molecule has 0 aromatic carbocycles. The SMILES string of the molecule is CCOC(=O)C1=C2C[C@@H](/C(=N/N)NN)CN2C(c2nccs2)=NC1. The van der Waals surface area contributed by atoms with E-state index < -0.39 is 0 Å². The minimum Gasteiger partial charge on any atom is -0.463 e. The number of hydrazone groups is 1. The molecule has 1 aromatic heterocycles. The minimum atomic E-state index is -0.341. The highest BCUT2D eigenvalue weighted by molar-refractivity contribution is 7.11. The van der Waals surface area contributed by atoms with Gasteiger partial charge in [0.25, 0.3) is 0 Å². The summed E-state index contributed by atoms with van der Waals surface area (Å²) in [5.41, 5.74) is 3.96. The van der Waals surface area contributed by atoms with Gasteiger partial charge in [0, 0.05) is 36.2 Å². The molecule has 1 atom stereocenters. The quantitative estimate of drug-likeness (QED) is 0.225. The molecule has 128 valence electrons. The molecule has 0 amide bonds. The molecule has 1 fully saturated rings. The van der Waals surface area contributed by atoms with E-state index >= 15 is 0 Å². The molecule has 2 aliphatic rings. The zero-order valence-corrected chi connectivity index (χ0v) is 14.0. The number of fused-ring (bicyclic) bond motifs is 1. The normalized spacial score (nSPS) is 20.8. The van der Waals surface area contributed by atoms with Gasteiger partial charge in [-0.15, -0.1) is 11.3 Å². The van der Waals surface area contributed by atoms with Crippen molar-refractivity contribution < 1.29 is 9.53 Å². The fourth-order valence-electron chi connectivity index (χ4n) is 2.93. The van der Waals surface area contributed by atoms with Crippen molar-refractivity contribution in [1.82, 2.24) is 15.3 Å². The average Bonchev–Trinajstić information content (AvgIpc) is 3.25. The van der Waals surface area contributed by atoms with Gasteiger partial charge in [-0.3, -0.25) is 4.99 Å². The number of aromatic nitrogens is 1. The Bertz CT molecular complexity index is 711. The van der Waals surface area contributed by atoms with Gasteiger partial charge < -0.3 is 20.9 Å². The van der Waals surface area contributed by atoms with Crippen LogP contribution in [0.5, 0.6) is 0 Å². The van der Waals surface area contributed by atoms with Crippen molar-refractivity contribution in [2.75, 3.05) is 19.7 Å². The molecule has 2 aliphatic heterocycles. The fraction of sp³-hybridized carbons (Fsp3) is 0.429. The molecule has 10 heteroatoms. The van der Waals surface area contributed by atoms with E-state index in [2.05, 4.69) is 20.5 Å². The number of rotatable bonds is 4. The molecule has 1 aromatic rings. The number of hydrogen-bond acceptors (Lipinski definition) is 9. The van der Waals surface area contributed by atoms with Crippen molar-refractivity contribution in [3.8, 4) is 0 Å². The number of esters is 1. The molecule has 0 radical (unpaired) electrons. The third-order valence-electron chi connectivity index (χ3n) is 3.98. The van der Waals surface area contributed by atoms with Gasteiger partial charge >= 0.3 is 5.97 Å². The number of nitrogens with one attached hydrogen (secondary N) is 1. The highest BCUT2D eigenvalue weighted by atomic mass is 32.1. The second-order valence-corrected chi connectivity index (χ2v) is 6.19. The van der Waals surface area contributed by atoms with Gasteiger partial charge in [-0.05, 0) is 6.92 Å². The molecular weight excluding hydrogens is 330 g/mol. The number of amidine groups is 2. The third-order valence-corrected chi connectivity index (χ3v) is 4.75. The van der Waals surface area contributed by atoms with Gasteiger partial charge in [0.1, 0.15) is 5.84 Å². The first-order valence-electron chi connectivity index (χ1n) is 7.55. The maximum absolute atomic E-state index is 12.3. The highest BCUT2D eigenvalue weighted by Crippen LogP contribution is 2.34. The number of ether oxygens (including phenoxy) is 1. The molecule has 24 heavy (non-hydrogen) atoms. The van der Waals surface area contributed by atoms with Gasteiger partial charge in [0.15, 0.2) is 10.8 Å². The lowest BCUT2D eigenvalue weighted by Crippen LogP contribution is -2.39. The monoisotopic (exact) mass is 349 g/mol. The zero-order valence-electron chi connectivity index (χ0n) is 13.2. The van der Waals surface area contributed by atoms with E-state index in [9.17, 15) is 4.79 Å². The fourth-order valence-corrected chi connectivity index (χ4v) is 3.58. The van der Waals surface area contributed by atoms with Crippen LogP contribution in [0.25, 0.3) is 0 Å². The number of nitrogens with two attached hydrogens (primary N) is 2. The summed E-state index contributed by atoms with van der Waals surface area (Å²) in [4.78, 5) is 23.1. The zero-order chi connectivity index (χ0) is 17.1. The predicted octanol–water partition coefficient (Wildman–Crippen LogP) is -0.222. The lowest BCUT2D eigenvalue weighted by Gasteiger charge is -2.26. The first-order valence-corrected chi connectivity index (χ1v) is 8.42. The van der Waals surface area contributed by atoms with E-state index in [0.29, 0.717) is 31.0 Å². The number of thiazole rings is 1. The predicted molar refractivity (Wildman–Crippen MR) is 90.9 cm³/mol. The molecule has 5 N–H and O–H groups in total. The summed E-state index contributed by atoms with van der Waals surface area (Å²) in [7, 11) is 0. The standard InChI is InChI=1S/C14H19N7O2S/c1-2-23-14(22)9-6-18-12(13-17-3-4-24-13)21-7-8(5-10(9)21)11(19-15)20-16/h3-4,8H,2,5-7,15-16H2,1H3,(H,19,20)/t8-/m1/s1. The smallest absolute Gasteiger partial charge is 0.337 e. The minimum absolute atomic E-state index is 0.0531. The molecule has 3 rings (SSSR count). The van der Waals surface area contributed by atoms with E-state index in [1.165, 1.54) is 11.3 Å². The highest BCUT2D eigenvalue weighted by Gasteiger charge is 2.39. The van der Waals surface area contributed by atoms with Crippen LogP contribution in [-0.2, 0) is 9.53 Å². The van der Waals surface area contributed by atoms with Crippen molar-refractivity contribution in [2.24, 2.45) is 27.7 Å². The van der Waals surface area contributed by atoms with Crippen molar-refractivity contribution in [3.63, 3.8) is 0 Å². The number of nitrogens with zero attached hydrogens (tertiary/aromatic N) is 4. The number of carbonyl (C=O) groups excluding carboxylic acids is 1. The van der Waals surface area contributed by atoms with Crippen LogP contribution in [0.2, 0.25) is 0 Å². The Balaban J connectivity index is 1.97. The van der Waals surface area contributed by atoms with Crippen LogP contribution in [0, 0.1) is 5.92 Å². The second-order valence-electron chi connectivity index (χ2n) is 5.29. The summed E-state index contributed by atoms with van der Waals surface area (Å²) in [6.45, 7) is 2.94.